The summed E-state index contributed by atoms with van der Waals surface area (Å²) in [5.41, 5.74) is 1.35. The molecule has 0 saturated carbocycles. The van der Waals surface area contributed by atoms with Crippen LogP contribution in [0.3, 0.4) is 0 Å². The molecule has 0 radical (unpaired) electrons. The number of ketones is 2. The first-order chi connectivity index (χ1) is 6.20. The molecular formula is C10H7NO2. The van der Waals surface area contributed by atoms with Gasteiger partial charge in [-0.2, -0.15) is 0 Å². The van der Waals surface area contributed by atoms with E-state index in [4.69, 9.17) is 0 Å². The number of nitrogens with zero attached hydrogens (tertiary/aromatic N) is 1. The third kappa shape index (κ3) is 1.09. The van der Waals surface area contributed by atoms with Gasteiger partial charge in [0.15, 0.2) is 11.6 Å². The van der Waals surface area contributed by atoms with Crippen molar-refractivity contribution in [3.05, 3.63) is 41.2 Å². The summed E-state index contributed by atoms with van der Waals surface area (Å²) >= 11 is 0. The van der Waals surface area contributed by atoms with Crippen LogP contribution in [0.4, 0.5) is 0 Å². The lowest BCUT2D eigenvalue weighted by atomic mass is 9.92. The predicted octanol–water partition coefficient (Wildman–Crippen LogP) is 1.41. The number of fused-ring (bicyclic) bond motifs is 1. The average Bonchev–Trinajstić information content (AvgIpc) is 2.15. The Labute approximate surface area is 75.1 Å². The molecule has 0 saturated heterocycles. The molecule has 1 aromatic rings. The van der Waals surface area contributed by atoms with E-state index in [2.05, 4.69) is 4.98 Å². The molecule has 2 rings (SSSR count). The highest BCUT2D eigenvalue weighted by atomic mass is 16.1. The summed E-state index contributed by atoms with van der Waals surface area (Å²) in [5, 5.41) is 0. The van der Waals surface area contributed by atoms with Gasteiger partial charge in [0.05, 0.1) is 5.56 Å². The fourth-order valence-corrected chi connectivity index (χ4v) is 1.34. The first-order valence-electron chi connectivity index (χ1n) is 3.91. The third-order valence-corrected chi connectivity index (χ3v) is 2.04. The molecule has 64 valence electrons. The molecule has 3 nitrogen and oxygen atoms in total. The maximum Gasteiger partial charge on any atom is 0.189 e. The fraction of sp³-hybridized carbons (Fsp3) is 0.100. The molecule has 0 atom stereocenters. The summed E-state index contributed by atoms with van der Waals surface area (Å²) in [7, 11) is 0. The minimum atomic E-state index is -0.139. The molecule has 1 aromatic heterocycles. The normalized spacial score (nSPS) is 15.3. The predicted molar refractivity (Wildman–Crippen MR) is 46.7 cm³/mol. The van der Waals surface area contributed by atoms with Gasteiger partial charge in [-0.1, -0.05) is 0 Å². The number of allylic oxidation sites excluding steroid dienone is 2. The quantitative estimate of drug-likeness (QED) is 0.595. The Bertz CT molecular complexity index is 432. The summed E-state index contributed by atoms with van der Waals surface area (Å²) < 4.78 is 0. The second kappa shape index (κ2) is 2.62. The maximum absolute atomic E-state index is 11.5. The number of aromatic nitrogens is 1. The highest BCUT2D eigenvalue weighted by Gasteiger charge is 2.22. The highest BCUT2D eigenvalue weighted by molar-refractivity contribution is 6.24. The summed E-state index contributed by atoms with van der Waals surface area (Å²) in [6.07, 6.45) is 4.30. The van der Waals surface area contributed by atoms with E-state index in [1.807, 2.05) is 0 Å². The van der Waals surface area contributed by atoms with Gasteiger partial charge in [-0.3, -0.25) is 14.6 Å². The van der Waals surface area contributed by atoms with Crippen molar-refractivity contribution in [2.45, 2.75) is 6.92 Å². The van der Waals surface area contributed by atoms with Crippen molar-refractivity contribution in [1.29, 1.82) is 0 Å². The topological polar surface area (TPSA) is 47.0 Å². The van der Waals surface area contributed by atoms with Crippen LogP contribution in [-0.2, 0) is 0 Å². The Hall–Kier alpha value is -1.77. The van der Waals surface area contributed by atoms with E-state index in [0.29, 0.717) is 16.7 Å². The number of rotatable bonds is 0. The molecule has 0 aromatic carbocycles. The largest absolute Gasteiger partial charge is 0.289 e. The lowest BCUT2D eigenvalue weighted by molar-refractivity contribution is 0.0984. The third-order valence-electron chi connectivity index (χ3n) is 2.04. The number of Topliss-reactive ketones (excluding diaryl/α,β-unsaturated/α-hetero) is 1. The van der Waals surface area contributed by atoms with Crippen molar-refractivity contribution in [3.63, 3.8) is 0 Å². The molecule has 1 aliphatic carbocycles. The Balaban J connectivity index is 2.69. The lowest BCUT2D eigenvalue weighted by Crippen LogP contribution is -2.15. The van der Waals surface area contributed by atoms with Gasteiger partial charge in [0.2, 0.25) is 0 Å². The van der Waals surface area contributed by atoms with Gasteiger partial charge in [-0.05, 0) is 19.1 Å². The summed E-state index contributed by atoms with van der Waals surface area (Å²) in [6.45, 7) is 1.64. The zero-order valence-electron chi connectivity index (χ0n) is 7.07. The zero-order valence-corrected chi connectivity index (χ0v) is 7.07. The number of carbonyl (C=O) groups is 2. The summed E-state index contributed by atoms with van der Waals surface area (Å²) in [6, 6.07) is 1.58. The van der Waals surface area contributed by atoms with Crippen LogP contribution >= 0.6 is 0 Å². The van der Waals surface area contributed by atoms with Crippen LogP contribution < -0.4 is 0 Å². The zero-order chi connectivity index (χ0) is 9.42. The Morgan fingerprint density at radius 3 is 2.77 bits per heavy atom. The second-order valence-electron chi connectivity index (χ2n) is 2.94. The van der Waals surface area contributed by atoms with Crippen LogP contribution in [0, 0.1) is 0 Å². The van der Waals surface area contributed by atoms with Gasteiger partial charge in [-0.15, -0.1) is 0 Å². The van der Waals surface area contributed by atoms with Crippen LogP contribution in [-0.4, -0.2) is 16.6 Å². The van der Waals surface area contributed by atoms with Crippen molar-refractivity contribution in [3.8, 4) is 0 Å². The number of hydrogen-bond acceptors (Lipinski definition) is 3. The second-order valence-corrected chi connectivity index (χ2v) is 2.94. The van der Waals surface area contributed by atoms with Crippen LogP contribution in [0.5, 0.6) is 0 Å². The van der Waals surface area contributed by atoms with Crippen molar-refractivity contribution in [2.75, 3.05) is 0 Å². The van der Waals surface area contributed by atoms with Crippen LogP contribution in [0.1, 0.15) is 27.6 Å². The molecule has 0 aliphatic heterocycles. The molecular weight excluding hydrogens is 166 g/mol. The Kier molecular flexibility index (Phi) is 1.59. The standard InChI is InChI=1S/C10H7NO2/c1-6-4-9(12)8-5-11-3-2-7(8)10(6)13/h2-5H,1H3. The summed E-state index contributed by atoms with van der Waals surface area (Å²) in [5.74, 6) is -0.225. The smallest absolute Gasteiger partial charge is 0.189 e. The van der Waals surface area contributed by atoms with E-state index in [0.717, 1.165) is 0 Å². The van der Waals surface area contributed by atoms with Crippen LogP contribution in [0.15, 0.2) is 30.1 Å². The van der Waals surface area contributed by atoms with Gasteiger partial charge in [0.25, 0.3) is 0 Å². The van der Waals surface area contributed by atoms with E-state index in [1.165, 1.54) is 18.5 Å². The molecule has 1 heterocycles. The fourth-order valence-electron chi connectivity index (χ4n) is 1.34. The average molecular weight is 173 g/mol. The number of hydrogen-bond donors (Lipinski definition) is 0. The number of pyridine rings is 1. The molecule has 0 spiro atoms. The van der Waals surface area contributed by atoms with E-state index in [9.17, 15) is 9.59 Å². The van der Waals surface area contributed by atoms with Gasteiger partial charge in [-0.25, -0.2) is 0 Å². The van der Waals surface area contributed by atoms with Crippen molar-refractivity contribution in [2.24, 2.45) is 0 Å². The van der Waals surface area contributed by atoms with Gasteiger partial charge < -0.3 is 0 Å². The van der Waals surface area contributed by atoms with Crippen molar-refractivity contribution < 1.29 is 9.59 Å². The van der Waals surface area contributed by atoms with E-state index in [-0.39, 0.29) is 11.6 Å². The van der Waals surface area contributed by atoms with E-state index in [1.54, 1.807) is 13.0 Å². The minimum absolute atomic E-state index is 0.0861. The molecule has 0 bridgehead atoms. The Morgan fingerprint density at radius 2 is 2.00 bits per heavy atom. The first kappa shape index (κ1) is 7.86. The number of carbonyl (C=O) groups excluding carboxylic acids is 2. The Morgan fingerprint density at radius 1 is 1.23 bits per heavy atom. The van der Waals surface area contributed by atoms with E-state index >= 15 is 0 Å². The van der Waals surface area contributed by atoms with Gasteiger partial charge in [0.1, 0.15) is 0 Å². The first-order valence-corrected chi connectivity index (χ1v) is 3.91. The molecule has 0 fully saturated rings. The molecule has 0 unspecified atom stereocenters. The van der Waals surface area contributed by atoms with Crippen molar-refractivity contribution in [1.82, 2.24) is 4.98 Å². The van der Waals surface area contributed by atoms with Gasteiger partial charge >= 0.3 is 0 Å². The lowest BCUT2D eigenvalue weighted by Gasteiger charge is -2.10. The maximum atomic E-state index is 11.5. The highest BCUT2D eigenvalue weighted by Crippen LogP contribution is 2.19. The monoisotopic (exact) mass is 173 g/mol. The minimum Gasteiger partial charge on any atom is -0.289 e. The molecule has 0 N–H and O–H groups in total. The molecule has 13 heavy (non-hydrogen) atoms. The van der Waals surface area contributed by atoms with Crippen LogP contribution in [0.2, 0.25) is 0 Å². The van der Waals surface area contributed by atoms with E-state index < -0.39 is 0 Å². The SMILES string of the molecule is CC1=CC(=O)c2cnccc2C1=O. The van der Waals surface area contributed by atoms with Crippen LogP contribution in [0.25, 0.3) is 0 Å². The molecule has 3 heteroatoms. The molecule has 0 amide bonds. The molecule has 1 aliphatic rings. The van der Waals surface area contributed by atoms with Gasteiger partial charge in [0, 0.05) is 23.5 Å². The van der Waals surface area contributed by atoms with Crippen molar-refractivity contribution >= 4 is 11.6 Å². The summed E-state index contributed by atoms with van der Waals surface area (Å²) in [4.78, 5) is 26.7.